The van der Waals surface area contributed by atoms with E-state index in [4.69, 9.17) is 16.3 Å². The van der Waals surface area contributed by atoms with Crippen LogP contribution in [-0.4, -0.2) is 45.4 Å². The zero-order valence-electron chi connectivity index (χ0n) is 22.2. The highest BCUT2D eigenvalue weighted by atomic mass is 35.5. The first kappa shape index (κ1) is 26.7. The lowest BCUT2D eigenvalue weighted by molar-refractivity contribution is 0.0203. The van der Waals surface area contributed by atoms with E-state index >= 15 is 0 Å². The smallest absolute Gasteiger partial charge is 0.410 e. The third-order valence-electron chi connectivity index (χ3n) is 6.56. The average Bonchev–Trinajstić information content (AvgIpc) is 3.27. The van der Waals surface area contributed by atoms with Crippen molar-refractivity contribution in [2.45, 2.75) is 65.5 Å². The molecule has 0 radical (unpaired) electrons. The van der Waals surface area contributed by atoms with Crippen LogP contribution in [0.4, 0.5) is 4.79 Å². The third kappa shape index (κ3) is 6.34. The van der Waals surface area contributed by atoms with Crippen molar-refractivity contribution >= 4 is 23.6 Å². The second-order valence-corrected chi connectivity index (χ2v) is 11.1. The van der Waals surface area contributed by atoms with E-state index < -0.39 is 5.60 Å². The van der Waals surface area contributed by atoms with Crippen molar-refractivity contribution in [2.75, 3.05) is 13.1 Å². The van der Waals surface area contributed by atoms with E-state index in [1.807, 2.05) is 55.8 Å². The van der Waals surface area contributed by atoms with Gasteiger partial charge in [-0.05, 0) is 70.7 Å². The van der Waals surface area contributed by atoms with Crippen molar-refractivity contribution in [3.8, 4) is 5.69 Å². The molecule has 8 heteroatoms. The number of hydrogen-bond acceptors (Lipinski definition) is 4. The second kappa shape index (κ2) is 11.0. The van der Waals surface area contributed by atoms with Gasteiger partial charge in [0.15, 0.2) is 0 Å². The Labute approximate surface area is 223 Å². The molecule has 2 aromatic carbocycles. The molecule has 0 bridgehead atoms. The number of aryl methyl sites for hydroxylation is 2. The number of likely N-dealkylation sites (tertiary alicyclic amines) is 1. The molecule has 2 heterocycles. The van der Waals surface area contributed by atoms with Gasteiger partial charge >= 0.3 is 6.09 Å². The van der Waals surface area contributed by atoms with Crippen LogP contribution in [0.2, 0.25) is 5.02 Å². The molecule has 7 nitrogen and oxygen atoms in total. The van der Waals surface area contributed by atoms with E-state index in [1.54, 1.807) is 11.1 Å². The number of piperidine rings is 1. The van der Waals surface area contributed by atoms with Crippen LogP contribution >= 0.6 is 11.6 Å². The molecule has 1 N–H and O–H groups in total. The van der Waals surface area contributed by atoms with Crippen molar-refractivity contribution in [1.29, 1.82) is 0 Å². The summed E-state index contributed by atoms with van der Waals surface area (Å²) in [6.45, 7) is 11.1. The fraction of sp³-hybridized carbons (Fsp3) is 0.414. The van der Waals surface area contributed by atoms with Gasteiger partial charge in [-0.15, -0.1) is 0 Å². The second-order valence-electron chi connectivity index (χ2n) is 10.7. The minimum absolute atomic E-state index is 0.0583. The maximum Gasteiger partial charge on any atom is 0.410 e. The van der Waals surface area contributed by atoms with Gasteiger partial charge in [0.1, 0.15) is 5.60 Å². The van der Waals surface area contributed by atoms with Gasteiger partial charge in [0.2, 0.25) is 0 Å². The van der Waals surface area contributed by atoms with Gasteiger partial charge in [0, 0.05) is 30.6 Å². The predicted molar refractivity (Wildman–Crippen MR) is 145 cm³/mol. The van der Waals surface area contributed by atoms with E-state index in [0.717, 1.165) is 22.5 Å². The number of hydrogen-bond donors (Lipinski definition) is 1. The Morgan fingerprint density at radius 2 is 1.81 bits per heavy atom. The average molecular weight is 523 g/mol. The van der Waals surface area contributed by atoms with Crippen LogP contribution in [0.25, 0.3) is 5.69 Å². The van der Waals surface area contributed by atoms with Crippen LogP contribution < -0.4 is 5.32 Å². The first-order valence-corrected chi connectivity index (χ1v) is 13.1. The first-order valence-electron chi connectivity index (χ1n) is 12.7. The number of aromatic nitrogens is 2. The molecule has 3 aromatic rings. The monoisotopic (exact) mass is 522 g/mol. The Morgan fingerprint density at radius 1 is 1.11 bits per heavy atom. The molecule has 0 unspecified atom stereocenters. The van der Waals surface area contributed by atoms with Gasteiger partial charge in [-0.2, -0.15) is 5.10 Å². The number of nitrogens with one attached hydrogen (secondary N) is 1. The molecule has 1 aliphatic rings. The van der Waals surface area contributed by atoms with E-state index in [-0.39, 0.29) is 17.9 Å². The SMILES string of the molecule is Cc1ccc(-n2ncc(C(=O)NCc3ccccc3Cl)c2C2CCN(C(=O)OC(C)(C)C)CC2)c(C)c1. The molecule has 4 rings (SSSR count). The van der Waals surface area contributed by atoms with E-state index in [9.17, 15) is 9.59 Å². The number of carbonyl (C=O) groups excluding carboxylic acids is 2. The quantitative estimate of drug-likeness (QED) is 0.433. The molecule has 1 aromatic heterocycles. The van der Waals surface area contributed by atoms with Crippen LogP contribution in [0.5, 0.6) is 0 Å². The Kier molecular flexibility index (Phi) is 7.93. The highest BCUT2D eigenvalue weighted by Crippen LogP contribution is 2.33. The summed E-state index contributed by atoms with van der Waals surface area (Å²) in [5.74, 6) is -0.136. The lowest BCUT2D eigenvalue weighted by atomic mass is 9.90. The summed E-state index contributed by atoms with van der Waals surface area (Å²) < 4.78 is 7.46. The summed E-state index contributed by atoms with van der Waals surface area (Å²) in [5.41, 5.74) is 4.92. The molecule has 0 spiro atoms. The molecule has 0 saturated carbocycles. The summed E-state index contributed by atoms with van der Waals surface area (Å²) in [7, 11) is 0. The topological polar surface area (TPSA) is 76.5 Å². The van der Waals surface area contributed by atoms with Gasteiger partial charge in [0.25, 0.3) is 5.91 Å². The van der Waals surface area contributed by atoms with Crippen molar-refractivity contribution in [2.24, 2.45) is 0 Å². The summed E-state index contributed by atoms with van der Waals surface area (Å²) in [4.78, 5) is 27.8. The standard InChI is InChI=1S/C29H35ClN4O3/c1-19-10-11-25(20(2)16-19)34-26(21-12-14-33(15-13-21)28(36)37-29(3,4)5)23(18-32-34)27(35)31-17-22-8-6-7-9-24(22)30/h6-11,16,18,21H,12-15,17H2,1-5H3,(H,31,35). The number of rotatable bonds is 5. The van der Waals surface area contributed by atoms with Crippen LogP contribution in [0, 0.1) is 13.8 Å². The molecule has 37 heavy (non-hydrogen) atoms. The fourth-order valence-corrected chi connectivity index (χ4v) is 4.94. The first-order chi connectivity index (χ1) is 17.5. The van der Waals surface area contributed by atoms with Crippen LogP contribution in [0.3, 0.4) is 0 Å². The third-order valence-corrected chi connectivity index (χ3v) is 6.93. The van der Waals surface area contributed by atoms with Gasteiger partial charge in [-0.3, -0.25) is 4.79 Å². The van der Waals surface area contributed by atoms with E-state index in [2.05, 4.69) is 36.4 Å². The summed E-state index contributed by atoms with van der Waals surface area (Å²) in [6, 6.07) is 13.7. The largest absolute Gasteiger partial charge is 0.444 e. The van der Waals surface area contributed by atoms with Gasteiger partial charge < -0.3 is 15.0 Å². The Balaban J connectivity index is 1.61. The molecular formula is C29H35ClN4O3. The number of ether oxygens (including phenoxy) is 1. The van der Waals surface area contributed by atoms with Crippen molar-refractivity contribution < 1.29 is 14.3 Å². The number of nitrogens with zero attached hydrogens (tertiary/aromatic N) is 3. The summed E-state index contributed by atoms with van der Waals surface area (Å²) in [6.07, 6.45) is 2.77. The van der Waals surface area contributed by atoms with Gasteiger partial charge in [0.05, 0.1) is 23.1 Å². The highest BCUT2D eigenvalue weighted by molar-refractivity contribution is 6.31. The number of halogens is 1. The van der Waals surface area contributed by atoms with Crippen LogP contribution in [0.15, 0.2) is 48.7 Å². The lowest BCUT2D eigenvalue weighted by Crippen LogP contribution is -2.41. The van der Waals surface area contributed by atoms with E-state index in [1.165, 1.54) is 5.56 Å². The number of benzene rings is 2. The zero-order chi connectivity index (χ0) is 26.7. The highest BCUT2D eigenvalue weighted by Gasteiger charge is 2.32. The molecular weight excluding hydrogens is 488 g/mol. The Bertz CT molecular complexity index is 1290. The van der Waals surface area contributed by atoms with Crippen LogP contribution in [-0.2, 0) is 11.3 Å². The van der Waals surface area contributed by atoms with Crippen molar-refractivity contribution in [3.05, 3.63) is 81.6 Å². The molecule has 2 amide bonds. The molecule has 1 saturated heterocycles. The molecule has 1 fully saturated rings. The van der Waals surface area contributed by atoms with E-state index in [0.29, 0.717) is 43.1 Å². The van der Waals surface area contributed by atoms with Crippen LogP contribution in [0.1, 0.15) is 72.3 Å². The molecule has 1 aliphatic heterocycles. The normalized spacial score (nSPS) is 14.5. The number of carbonyl (C=O) groups is 2. The maximum absolute atomic E-state index is 13.4. The minimum Gasteiger partial charge on any atom is -0.444 e. The van der Waals surface area contributed by atoms with Gasteiger partial charge in [-0.25, -0.2) is 9.48 Å². The Morgan fingerprint density at radius 3 is 2.46 bits per heavy atom. The zero-order valence-corrected chi connectivity index (χ0v) is 22.9. The maximum atomic E-state index is 13.4. The lowest BCUT2D eigenvalue weighted by Gasteiger charge is -2.34. The molecule has 0 aliphatic carbocycles. The minimum atomic E-state index is -0.539. The fourth-order valence-electron chi connectivity index (χ4n) is 4.74. The predicted octanol–water partition coefficient (Wildman–Crippen LogP) is 6.19. The molecule has 196 valence electrons. The summed E-state index contributed by atoms with van der Waals surface area (Å²) in [5, 5.41) is 8.30. The van der Waals surface area contributed by atoms with Crippen molar-refractivity contribution in [1.82, 2.24) is 20.0 Å². The summed E-state index contributed by atoms with van der Waals surface area (Å²) >= 11 is 6.29. The number of amides is 2. The molecule has 0 atom stereocenters. The Hall–Kier alpha value is -3.32. The van der Waals surface area contributed by atoms with Crippen molar-refractivity contribution in [3.63, 3.8) is 0 Å². The van der Waals surface area contributed by atoms with Gasteiger partial charge in [-0.1, -0.05) is 47.5 Å².